The van der Waals surface area contributed by atoms with Gasteiger partial charge in [-0.2, -0.15) is 0 Å². The van der Waals surface area contributed by atoms with E-state index in [9.17, 15) is 0 Å². The highest BCUT2D eigenvalue weighted by molar-refractivity contribution is 7.11. The van der Waals surface area contributed by atoms with E-state index < -0.39 is 0 Å². The monoisotopic (exact) mass is 204 g/mol. The number of aromatic nitrogens is 2. The SMILES string of the molecule is Cc1nnc(CC(C)C(C)Cl)s1. The van der Waals surface area contributed by atoms with Crippen molar-refractivity contribution in [3.63, 3.8) is 0 Å². The van der Waals surface area contributed by atoms with Gasteiger partial charge in [-0.25, -0.2) is 0 Å². The lowest BCUT2D eigenvalue weighted by molar-refractivity contribution is 0.563. The minimum atomic E-state index is 0.203. The zero-order valence-corrected chi connectivity index (χ0v) is 9.11. The van der Waals surface area contributed by atoms with E-state index in [4.69, 9.17) is 11.6 Å². The average molecular weight is 205 g/mol. The molecule has 1 aromatic heterocycles. The predicted octanol–water partition coefficient (Wildman–Crippen LogP) is 2.65. The van der Waals surface area contributed by atoms with Crippen LogP contribution in [0.3, 0.4) is 0 Å². The Labute approximate surface area is 82.0 Å². The maximum Gasteiger partial charge on any atom is 0.117 e. The van der Waals surface area contributed by atoms with Crippen LogP contribution in [0.2, 0.25) is 0 Å². The number of alkyl halides is 1. The molecule has 2 unspecified atom stereocenters. The summed E-state index contributed by atoms with van der Waals surface area (Å²) in [5.41, 5.74) is 0. The number of aryl methyl sites for hydroxylation is 1. The molecule has 0 spiro atoms. The van der Waals surface area contributed by atoms with Crippen LogP contribution < -0.4 is 0 Å². The summed E-state index contributed by atoms with van der Waals surface area (Å²) in [7, 11) is 0. The van der Waals surface area contributed by atoms with Gasteiger partial charge in [-0.05, 0) is 19.8 Å². The van der Waals surface area contributed by atoms with E-state index in [1.54, 1.807) is 11.3 Å². The Morgan fingerprint density at radius 3 is 2.50 bits per heavy atom. The lowest BCUT2D eigenvalue weighted by Crippen LogP contribution is -2.09. The van der Waals surface area contributed by atoms with Crippen molar-refractivity contribution in [3.8, 4) is 0 Å². The highest BCUT2D eigenvalue weighted by Crippen LogP contribution is 2.18. The van der Waals surface area contributed by atoms with Crippen LogP contribution in [0.25, 0.3) is 0 Å². The first-order valence-corrected chi connectivity index (χ1v) is 5.28. The zero-order chi connectivity index (χ0) is 9.14. The number of hydrogen-bond donors (Lipinski definition) is 0. The molecule has 0 aliphatic rings. The third kappa shape index (κ3) is 2.72. The van der Waals surface area contributed by atoms with Crippen molar-refractivity contribution in [3.05, 3.63) is 10.0 Å². The van der Waals surface area contributed by atoms with Crippen LogP contribution in [0.4, 0.5) is 0 Å². The first-order chi connectivity index (χ1) is 5.59. The average Bonchev–Trinajstić information content (AvgIpc) is 2.35. The predicted molar refractivity (Wildman–Crippen MR) is 52.8 cm³/mol. The molecular weight excluding hydrogens is 192 g/mol. The molecule has 0 aliphatic heterocycles. The molecule has 0 bridgehead atoms. The van der Waals surface area contributed by atoms with Gasteiger partial charge in [0, 0.05) is 11.8 Å². The number of halogens is 1. The standard InChI is InChI=1S/C8H13ClN2S/c1-5(6(2)9)4-8-11-10-7(3)12-8/h5-6H,4H2,1-3H3. The van der Waals surface area contributed by atoms with Gasteiger partial charge in [0.1, 0.15) is 10.0 Å². The molecule has 0 amide bonds. The molecule has 1 rings (SSSR count). The Morgan fingerprint density at radius 2 is 2.08 bits per heavy atom. The van der Waals surface area contributed by atoms with Gasteiger partial charge < -0.3 is 0 Å². The third-order valence-corrected chi connectivity index (χ3v) is 3.14. The van der Waals surface area contributed by atoms with Crippen molar-refractivity contribution < 1.29 is 0 Å². The first kappa shape index (κ1) is 9.93. The van der Waals surface area contributed by atoms with Gasteiger partial charge in [0.15, 0.2) is 0 Å². The van der Waals surface area contributed by atoms with E-state index in [2.05, 4.69) is 17.1 Å². The molecule has 0 aliphatic carbocycles. The third-order valence-electron chi connectivity index (χ3n) is 1.85. The summed E-state index contributed by atoms with van der Waals surface area (Å²) < 4.78 is 0. The Hall–Kier alpha value is -0.150. The summed E-state index contributed by atoms with van der Waals surface area (Å²) >= 11 is 7.59. The fourth-order valence-electron chi connectivity index (χ4n) is 0.858. The first-order valence-electron chi connectivity index (χ1n) is 4.02. The summed E-state index contributed by atoms with van der Waals surface area (Å²) in [5, 5.41) is 10.3. The van der Waals surface area contributed by atoms with E-state index >= 15 is 0 Å². The fourth-order valence-corrected chi connectivity index (χ4v) is 1.80. The van der Waals surface area contributed by atoms with Crippen LogP contribution >= 0.6 is 22.9 Å². The molecular formula is C8H13ClN2S. The van der Waals surface area contributed by atoms with Gasteiger partial charge in [0.2, 0.25) is 0 Å². The number of hydrogen-bond acceptors (Lipinski definition) is 3. The molecule has 2 nitrogen and oxygen atoms in total. The van der Waals surface area contributed by atoms with Crippen molar-refractivity contribution in [2.75, 3.05) is 0 Å². The minimum absolute atomic E-state index is 0.203. The quantitative estimate of drug-likeness (QED) is 0.708. The van der Waals surface area contributed by atoms with Crippen LogP contribution in [-0.2, 0) is 6.42 Å². The van der Waals surface area contributed by atoms with Gasteiger partial charge >= 0.3 is 0 Å². The molecule has 1 heterocycles. The van der Waals surface area contributed by atoms with Crippen molar-refractivity contribution in [1.29, 1.82) is 0 Å². The molecule has 0 radical (unpaired) electrons. The second-order valence-corrected chi connectivity index (χ2v) is 5.03. The van der Waals surface area contributed by atoms with Gasteiger partial charge in [-0.15, -0.1) is 33.1 Å². The van der Waals surface area contributed by atoms with E-state index in [0.717, 1.165) is 16.4 Å². The summed E-state index contributed by atoms with van der Waals surface area (Å²) in [4.78, 5) is 0. The number of rotatable bonds is 3. The largest absolute Gasteiger partial charge is 0.144 e. The molecule has 1 aromatic rings. The van der Waals surface area contributed by atoms with Crippen molar-refractivity contribution in [2.45, 2.75) is 32.6 Å². The van der Waals surface area contributed by atoms with Crippen molar-refractivity contribution in [1.82, 2.24) is 10.2 Å². The van der Waals surface area contributed by atoms with E-state index in [-0.39, 0.29) is 5.38 Å². The van der Waals surface area contributed by atoms with E-state index in [1.165, 1.54) is 0 Å². The lowest BCUT2D eigenvalue weighted by atomic mass is 10.1. The van der Waals surface area contributed by atoms with Gasteiger partial charge in [-0.3, -0.25) is 0 Å². The molecule has 2 atom stereocenters. The Balaban J connectivity index is 2.52. The van der Waals surface area contributed by atoms with Crippen LogP contribution in [0.15, 0.2) is 0 Å². The van der Waals surface area contributed by atoms with Crippen LogP contribution in [-0.4, -0.2) is 15.6 Å². The topological polar surface area (TPSA) is 25.8 Å². The summed E-state index contributed by atoms with van der Waals surface area (Å²) in [6, 6.07) is 0. The molecule has 0 aromatic carbocycles. The molecule has 0 saturated carbocycles. The molecule has 0 saturated heterocycles. The van der Waals surface area contributed by atoms with E-state index in [1.807, 2.05) is 13.8 Å². The Morgan fingerprint density at radius 1 is 1.42 bits per heavy atom. The van der Waals surface area contributed by atoms with Crippen LogP contribution in [0.1, 0.15) is 23.9 Å². The molecule has 0 fully saturated rings. The Bertz CT molecular complexity index is 247. The van der Waals surface area contributed by atoms with Gasteiger partial charge in [0.05, 0.1) is 0 Å². The summed E-state index contributed by atoms with van der Waals surface area (Å²) in [6.07, 6.45) is 0.941. The maximum atomic E-state index is 5.94. The lowest BCUT2D eigenvalue weighted by Gasteiger charge is -2.10. The normalized spacial score (nSPS) is 16.0. The van der Waals surface area contributed by atoms with Crippen molar-refractivity contribution >= 4 is 22.9 Å². The molecule has 0 N–H and O–H groups in total. The highest BCUT2D eigenvalue weighted by atomic mass is 35.5. The summed E-state index contributed by atoms with van der Waals surface area (Å²) in [5.74, 6) is 0.471. The Kier molecular flexibility index (Phi) is 3.47. The van der Waals surface area contributed by atoms with Crippen LogP contribution in [0.5, 0.6) is 0 Å². The van der Waals surface area contributed by atoms with Crippen LogP contribution in [0, 0.1) is 12.8 Å². The highest BCUT2D eigenvalue weighted by Gasteiger charge is 2.12. The maximum absolute atomic E-state index is 5.94. The second-order valence-electron chi connectivity index (χ2n) is 3.07. The zero-order valence-electron chi connectivity index (χ0n) is 7.54. The van der Waals surface area contributed by atoms with E-state index in [0.29, 0.717) is 5.92 Å². The summed E-state index contributed by atoms with van der Waals surface area (Å²) in [6.45, 7) is 6.12. The fraction of sp³-hybridized carbons (Fsp3) is 0.750. The smallest absolute Gasteiger partial charge is 0.117 e. The molecule has 12 heavy (non-hydrogen) atoms. The molecule has 68 valence electrons. The minimum Gasteiger partial charge on any atom is -0.144 e. The van der Waals surface area contributed by atoms with Gasteiger partial charge in [0.25, 0.3) is 0 Å². The number of nitrogens with zero attached hydrogens (tertiary/aromatic N) is 2. The van der Waals surface area contributed by atoms with Crippen molar-refractivity contribution in [2.24, 2.45) is 5.92 Å². The molecule has 4 heteroatoms. The second kappa shape index (κ2) is 4.19. The van der Waals surface area contributed by atoms with Gasteiger partial charge in [-0.1, -0.05) is 6.92 Å².